The van der Waals surface area contributed by atoms with Crippen LogP contribution in [0, 0.1) is 13.8 Å². The van der Waals surface area contributed by atoms with Crippen LogP contribution in [0.5, 0.6) is 5.75 Å². The van der Waals surface area contributed by atoms with Gasteiger partial charge in [0.2, 0.25) is 5.78 Å². The molecular formula is C28H27N3O4S2. The first-order valence-electron chi connectivity index (χ1n) is 12.1. The minimum Gasteiger partial charge on any atom is -0.503 e. The Balaban J connectivity index is 1.65. The average molecular weight is 534 g/mol. The Bertz CT molecular complexity index is 1550. The lowest BCUT2D eigenvalue weighted by Gasteiger charge is -2.24. The number of benzene rings is 2. The molecule has 1 amide bonds. The van der Waals surface area contributed by atoms with Gasteiger partial charge >= 0.3 is 0 Å². The molecule has 0 saturated heterocycles. The van der Waals surface area contributed by atoms with Gasteiger partial charge in [-0.3, -0.25) is 14.5 Å². The summed E-state index contributed by atoms with van der Waals surface area (Å²) in [5, 5.41) is 12.2. The molecule has 0 spiro atoms. The van der Waals surface area contributed by atoms with Crippen LogP contribution < -0.4 is 9.64 Å². The zero-order valence-corrected chi connectivity index (χ0v) is 22.9. The van der Waals surface area contributed by atoms with E-state index >= 15 is 0 Å². The van der Waals surface area contributed by atoms with Crippen LogP contribution in [0.15, 0.2) is 53.8 Å². The van der Waals surface area contributed by atoms with Gasteiger partial charge in [-0.2, -0.15) is 0 Å². The molecule has 0 aliphatic carbocycles. The van der Waals surface area contributed by atoms with Crippen molar-refractivity contribution in [1.29, 1.82) is 0 Å². The van der Waals surface area contributed by atoms with Crippen molar-refractivity contribution >= 4 is 49.7 Å². The van der Waals surface area contributed by atoms with E-state index in [0.717, 1.165) is 20.8 Å². The van der Waals surface area contributed by atoms with Crippen LogP contribution in [-0.2, 0) is 4.79 Å². The number of hydrogen-bond donors (Lipinski definition) is 1. The number of Topliss-reactive ketones (excluding diaryl/α,β-unsaturated/α-hetero) is 1. The molecule has 0 fully saturated rings. The van der Waals surface area contributed by atoms with Crippen molar-refractivity contribution in [3.8, 4) is 5.75 Å². The molecule has 5 rings (SSSR count). The van der Waals surface area contributed by atoms with Crippen molar-refractivity contribution in [3.63, 3.8) is 0 Å². The Kier molecular flexibility index (Phi) is 6.59. The van der Waals surface area contributed by atoms with Gasteiger partial charge in [-0.1, -0.05) is 49.4 Å². The van der Waals surface area contributed by atoms with Gasteiger partial charge < -0.3 is 9.84 Å². The van der Waals surface area contributed by atoms with Crippen molar-refractivity contribution in [3.05, 3.63) is 80.5 Å². The lowest BCUT2D eigenvalue weighted by atomic mass is 9.93. The lowest BCUT2D eigenvalue weighted by Crippen LogP contribution is -2.31. The number of fused-ring (bicyclic) bond motifs is 1. The van der Waals surface area contributed by atoms with Crippen LogP contribution in [-0.4, -0.2) is 33.4 Å². The van der Waals surface area contributed by atoms with E-state index in [1.54, 1.807) is 6.92 Å². The van der Waals surface area contributed by atoms with Crippen LogP contribution in [0.1, 0.15) is 64.2 Å². The van der Waals surface area contributed by atoms with Crippen molar-refractivity contribution < 1.29 is 19.4 Å². The molecule has 0 bridgehead atoms. The Morgan fingerprint density at radius 3 is 2.46 bits per heavy atom. The predicted octanol–water partition coefficient (Wildman–Crippen LogP) is 6.67. The summed E-state index contributed by atoms with van der Waals surface area (Å²) in [7, 11) is 0. The normalized spacial score (nSPS) is 15.9. The zero-order chi connectivity index (χ0) is 26.4. The second-order valence-electron chi connectivity index (χ2n) is 9.20. The summed E-state index contributed by atoms with van der Waals surface area (Å²) in [5.74, 6) is -0.556. The number of ether oxygens (including phenoxy) is 1. The topological polar surface area (TPSA) is 92.6 Å². The molecule has 2 aromatic heterocycles. The molecule has 1 aliphatic rings. The van der Waals surface area contributed by atoms with E-state index in [0.29, 0.717) is 39.5 Å². The number of aromatic nitrogens is 2. The fourth-order valence-electron chi connectivity index (χ4n) is 4.53. The molecule has 1 aliphatic heterocycles. The highest BCUT2D eigenvalue weighted by Gasteiger charge is 2.46. The molecule has 4 aromatic rings. The smallest absolute Gasteiger partial charge is 0.296 e. The molecule has 1 N–H and O–H groups in total. The van der Waals surface area contributed by atoms with Gasteiger partial charge in [-0.15, -0.1) is 11.3 Å². The Morgan fingerprint density at radius 2 is 1.84 bits per heavy atom. The van der Waals surface area contributed by atoms with E-state index in [-0.39, 0.29) is 5.57 Å². The highest BCUT2D eigenvalue weighted by molar-refractivity contribution is 7.22. The number of anilines is 1. The largest absolute Gasteiger partial charge is 0.503 e. The number of rotatable bonds is 7. The van der Waals surface area contributed by atoms with Gasteiger partial charge in [-0.05, 0) is 56.0 Å². The maximum absolute atomic E-state index is 13.8. The highest BCUT2D eigenvalue weighted by Crippen LogP contribution is 2.45. The van der Waals surface area contributed by atoms with E-state index in [9.17, 15) is 14.7 Å². The number of carbonyl (C=O) groups is 2. The molecule has 1 atom stereocenters. The SMILES string of the molecule is CCOc1ccc2nc(N3C(=O)C(O)=C(C(=O)c4sc(C)nc4C)C3c3ccc(C(C)C)cc3)sc2c1. The number of aliphatic hydroxyl groups is 1. The Morgan fingerprint density at radius 1 is 1.11 bits per heavy atom. The summed E-state index contributed by atoms with van der Waals surface area (Å²) >= 11 is 2.58. The number of hydrogen-bond acceptors (Lipinski definition) is 8. The third-order valence-electron chi connectivity index (χ3n) is 6.35. The van der Waals surface area contributed by atoms with Crippen LogP contribution >= 0.6 is 22.7 Å². The second-order valence-corrected chi connectivity index (χ2v) is 11.4. The molecule has 190 valence electrons. The fraction of sp³-hybridized carbons (Fsp3) is 0.286. The second kappa shape index (κ2) is 9.72. The summed E-state index contributed by atoms with van der Waals surface area (Å²) in [4.78, 5) is 38.3. The van der Waals surface area contributed by atoms with Gasteiger partial charge in [0.25, 0.3) is 5.91 Å². The van der Waals surface area contributed by atoms with Gasteiger partial charge in [0.1, 0.15) is 5.75 Å². The molecule has 9 heteroatoms. The summed E-state index contributed by atoms with van der Waals surface area (Å²) in [6.07, 6.45) is 0. The van der Waals surface area contributed by atoms with Gasteiger partial charge in [-0.25, -0.2) is 9.97 Å². The van der Waals surface area contributed by atoms with E-state index in [1.807, 2.05) is 56.3 Å². The van der Waals surface area contributed by atoms with E-state index in [1.165, 1.54) is 27.6 Å². The lowest BCUT2D eigenvalue weighted by molar-refractivity contribution is -0.117. The van der Waals surface area contributed by atoms with Crippen LogP contribution in [0.4, 0.5) is 5.13 Å². The Labute approximate surface area is 223 Å². The molecular weight excluding hydrogens is 506 g/mol. The summed E-state index contributed by atoms with van der Waals surface area (Å²) in [6.45, 7) is 10.3. The minimum absolute atomic E-state index is 0.0447. The van der Waals surface area contributed by atoms with Crippen LogP contribution in [0.3, 0.4) is 0 Å². The van der Waals surface area contributed by atoms with Crippen LogP contribution in [0.25, 0.3) is 10.2 Å². The zero-order valence-electron chi connectivity index (χ0n) is 21.2. The van der Waals surface area contributed by atoms with Gasteiger partial charge in [0.15, 0.2) is 10.9 Å². The first kappa shape index (κ1) is 25.1. The maximum Gasteiger partial charge on any atom is 0.296 e. The van der Waals surface area contributed by atoms with E-state index in [4.69, 9.17) is 9.72 Å². The van der Waals surface area contributed by atoms with Gasteiger partial charge in [0, 0.05) is 0 Å². The number of amides is 1. The average Bonchev–Trinajstić information content (AvgIpc) is 3.51. The summed E-state index contributed by atoms with van der Waals surface area (Å²) in [6, 6.07) is 12.6. The Hall–Kier alpha value is -3.56. The van der Waals surface area contributed by atoms with E-state index in [2.05, 4.69) is 18.8 Å². The first-order valence-corrected chi connectivity index (χ1v) is 13.7. The molecule has 0 radical (unpaired) electrons. The molecule has 7 nitrogen and oxygen atoms in total. The number of ketones is 1. The highest BCUT2D eigenvalue weighted by atomic mass is 32.1. The molecule has 3 heterocycles. The number of aliphatic hydroxyl groups excluding tert-OH is 1. The van der Waals surface area contributed by atoms with Crippen molar-refractivity contribution in [1.82, 2.24) is 9.97 Å². The molecule has 1 unspecified atom stereocenters. The monoisotopic (exact) mass is 533 g/mol. The van der Waals surface area contributed by atoms with Crippen molar-refractivity contribution in [2.75, 3.05) is 11.5 Å². The maximum atomic E-state index is 13.8. The summed E-state index contributed by atoms with van der Waals surface area (Å²) in [5.41, 5.74) is 3.19. The molecule has 0 saturated carbocycles. The minimum atomic E-state index is -0.824. The first-order chi connectivity index (χ1) is 17.7. The number of carbonyl (C=O) groups excluding carboxylic acids is 2. The third kappa shape index (κ3) is 4.42. The number of thiazole rings is 2. The number of nitrogens with zero attached hydrogens (tertiary/aromatic N) is 3. The molecule has 2 aromatic carbocycles. The molecule has 37 heavy (non-hydrogen) atoms. The van der Waals surface area contributed by atoms with Crippen molar-refractivity contribution in [2.45, 2.75) is 46.6 Å². The third-order valence-corrected chi connectivity index (χ3v) is 8.44. The van der Waals surface area contributed by atoms with Gasteiger partial charge in [0.05, 0.1) is 44.0 Å². The van der Waals surface area contributed by atoms with E-state index < -0.39 is 23.5 Å². The van der Waals surface area contributed by atoms with Crippen molar-refractivity contribution in [2.24, 2.45) is 0 Å². The fourth-order valence-corrected chi connectivity index (χ4v) is 6.42. The predicted molar refractivity (Wildman–Crippen MR) is 147 cm³/mol. The van der Waals surface area contributed by atoms with Crippen LogP contribution in [0.2, 0.25) is 0 Å². The standard InChI is InChI=1S/C28H27N3O4S2/c1-6-35-19-11-12-20-21(13-19)37-28(30-20)31-23(18-9-7-17(8-10-18)14(2)3)22(25(33)27(31)34)24(32)26-15(4)29-16(5)36-26/h7-14,23,33H,6H2,1-5H3. The number of aryl methyl sites for hydroxylation is 2. The quantitative estimate of drug-likeness (QED) is 0.267. The summed E-state index contributed by atoms with van der Waals surface area (Å²) < 4.78 is 6.46.